The predicted octanol–water partition coefficient (Wildman–Crippen LogP) is 3.19. The van der Waals surface area contributed by atoms with Crippen molar-refractivity contribution in [2.45, 2.75) is 6.61 Å². The van der Waals surface area contributed by atoms with Gasteiger partial charge in [0.25, 0.3) is 0 Å². The summed E-state index contributed by atoms with van der Waals surface area (Å²) in [6.45, 7) is 0.190. The van der Waals surface area contributed by atoms with Crippen LogP contribution < -0.4 is 9.47 Å². The second kappa shape index (κ2) is 6.85. The maximum atomic E-state index is 12.3. The Morgan fingerprint density at radius 2 is 1.92 bits per heavy atom. The van der Waals surface area contributed by atoms with E-state index in [4.69, 9.17) is 14.6 Å². The Morgan fingerprint density at radius 1 is 1.12 bits per heavy atom. The van der Waals surface area contributed by atoms with Crippen molar-refractivity contribution in [1.82, 2.24) is 10.2 Å². The smallest absolute Gasteiger partial charge is 0.231 e. The molecule has 0 fully saturated rings. The van der Waals surface area contributed by atoms with Gasteiger partial charge in [-0.2, -0.15) is 5.10 Å². The minimum atomic E-state index is -0.133. The Hall–Kier alpha value is -3.38. The van der Waals surface area contributed by atoms with Gasteiger partial charge in [0.2, 0.25) is 6.79 Å². The Balaban J connectivity index is 1.48. The average molecular weight is 348 g/mol. The van der Waals surface area contributed by atoms with Crippen LogP contribution in [0.4, 0.5) is 0 Å². The second-order valence-electron chi connectivity index (χ2n) is 5.83. The molecule has 1 aliphatic rings. The minimum absolute atomic E-state index is 0.0107. The molecule has 0 bridgehead atoms. The van der Waals surface area contributed by atoms with Crippen molar-refractivity contribution in [3.63, 3.8) is 0 Å². The largest absolute Gasteiger partial charge is 0.454 e. The number of nitrogens with one attached hydrogen (secondary N) is 1. The van der Waals surface area contributed by atoms with E-state index in [0.29, 0.717) is 17.1 Å². The summed E-state index contributed by atoms with van der Waals surface area (Å²) in [5.41, 5.74) is 3.80. The number of aliphatic hydroxyl groups excluding tert-OH is 1. The van der Waals surface area contributed by atoms with Gasteiger partial charge in [-0.15, -0.1) is 0 Å². The van der Waals surface area contributed by atoms with Crippen LogP contribution in [-0.4, -0.2) is 27.9 Å². The molecule has 130 valence electrons. The van der Waals surface area contributed by atoms with E-state index in [2.05, 4.69) is 10.2 Å². The van der Waals surface area contributed by atoms with Crippen molar-refractivity contribution in [1.29, 1.82) is 0 Å². The van der Waals surface area contributed by atoms with E-state index < -0.39 is 0 Å². The van der Waals surface area contributed by atoms with Crippen molar-refractivity contribution in [3.8, 4) is 22.8 Å². The van der Waals surface area contributed by atoms with Crippen LogP contribution in [-0.2, 0) is 6.61 Å². The van der Waals surface area contributed by atoms with Gasteiger partial charge in [0.15, 0.2) is 17.3 Å². The van der Waals surface area contributed by atoms with Crippen LogP contribution in [0, 0.1) is 0 Å². The Labute approximate surface area is 149 Å². The van der Waals surface area contributed by atoms with Crippen LogP contribution in [0.5, 0.6) is 11.5 Å². The monoisotopic (exact) mass is 348 g/mol. The van der Waals surface area contributed by atoms with E-state index >= 15 is 0 Å². The first kappa shape index (κ1) is 16.1. The van der Waals surface area contributed by atoms with Crippen LogP contribution in [0.25, 0.3) is 17.3 Å². The fourth-order valence-corrected chi connectivity index (χ4v) is 2.66. The average Bonchev–Trinajstić information content (AvgIpc) is 3.35. The lowest BCUT2D eigenvalue weighted by Crippen LogP contribution is -1.94. The highest BCUT2D eigenvalue weighted by Gasteiger charge is 2.15. The summed E-state index contributed by atoms with van der Waals surface area (Å²) in [5, 5.41) is 16.2. The van der Waals surface area contributed by atoms with E-state index in [0.717, 1.165) is 22.5 Å². The van der Waals surface area contributed by atoms with Crippen molar-refractivity contribution in [2.75, 3.05) is 6.79 Å². The highest BCUT2D eigenvalue weighted by atomic mass is 16.7. The number of nitrogens with zero attached hydrogens (tertiary/aromatic N) is 1. The summed E-state index contributed by atoms with van der Waals surface area (Å²) >= 11 is 0. The number of benzene rings is 2. The number of H-pyrrole nitrogens is 1. The molecule has 0 radical (unpaired) electrons. The highest BCUT2D eigenvalue weighted by molar-refractivity contribution is 6.07. The molecule has 26 heavy (non-hydrogen) atoms. The van der Waals surface area contributed by atoms with Crippen molar-refractivity contribution >= 4 is 11.9 Å². The molecule has 1 aromatic heterocycles. The fraction of sp³-hybridized carbons (Fsp3) is 0.100. The van der Waals surface area contributed by atoms with Crippen molar-refractivity contribution in [2.24, 2.45) is 0 Å². The summed E-state index contributed by atoms with van der Waals surface area (Å²) in [4.78, 5) is 12.3. The molecule has 0 aliphatic carbocycles. The molecular weight excluding hydrogens is 332 g/mol. The van der Waals surface area contributed by atoms with Gasteiger partial charge in [-0.25, -0.2) is 0 Å². The zero-order chi connectivity index (χ0) is 17.9. The third kappa shape index (κ3) is 3.22. The highest BCUT2D eigenvalue weighted by Crippen LogP contribution is 2.32. The molecule has 2 aromatic carbocycles. The number of aromatic nitrogens is 2. The van der Waals surface area contributed by atoms with E-state index in [1.807, 2.05) is 30.3 Å². The molecule has 3 aromatic rings. The first-order chi connectivity index (χ1) is 12.7. The van der Waals surface area contributed by atoms with Crippen molar-refractivity contribution < 1.29 is 19.4 Å². The molecule has 0 spiro atoms. The summed E-state index contributed by atoms with van der Waals surface area (Å²) in [6, 6.07) is 14.5. The molecule has 0 saturated heterocycles. The first-order valence-electron chi connectivity index (χ1n) is 8.10. The van der Waals surface area contributed by atoms with Gasteiger partial charge in [-0.1, -0.05) is 24.3 Å². The molecule has 0 atom stereocenters. The number of allylic oxidation sites excluding steroid dienone is 1. The number of aliphatic hydroxyl groups is 1. The standard InChI is InChI=1S/C20H16N2O4/c23-11-13-1-3-14(4-2-13)17-10-16(21-22-17)6-7-18(24)15-5-8-19-20(9-15)26-12-25-19/h1-10,23H,11-12H2,(H,21,22)/b7-6+. The van der Waals surface area contributed by atoms with Gasteiger partial charge < -0.3 is 14.6 Å². The summed E-state index contributed by atoms with van der Waals surface area (Å²) < 4.78 is 10.5. The lowest BCUT2D eigenvalue weighted by atomic mass is 10.1. The lowest BCUT2D eigenvalue weighted by Gasteiger charge is -1.98. The Morgan fingerprint density at radius 3 is 2.73 bits per heavy atom. The van der Waals surface area contributed by atoms with Crippen LogP contribution in [0.2, 0.25) is 0 Å². The van der Waals surface area contributed by atoms with Gasteiger partial charge in [0.1, 0.15) is 0 Å². The van der Waals surface area contributed by atoms with Gasteiger partial charge in [0.05, 0.1) is 18.0 Å². The number of fused-ring (bicyclic) bond motifs is 1. The number of rotatable bonds is 5. The van der Waals surface area contributed by atoms with E-state index in [9.17, 15) is 4.79 Å². The minimum Gasteiger partial charge on any atom is -0.454 e. The van der Waals surface area contributed by atoms with Crippen LogP contribution in [0.15, 0.2) is 54.6 Å². The second-order valence-corrected chi connectivity index (χ2v) is 5.83. The molecule has 2 heterocycles. The van der Waals surface area contributed by atoms with Gasteiger partial charge in [0, 0.05) is 11.1 Å². The number of aromatic amines is 1. The maximum Gasteiger partial charge on any atom is 0.231 e. The van der Waals surface area contributed by atoms with Gasteiger partial charge in [-0.05, 0) is 42.0 Å². The number of ether oxygens (including phenoxy) is 2. The SMILES string of the molecule is O=C(/C=C/c1cc(-c2ccc(CO)cc2)n[nH]1)c1ccc2c(c1)OCO2. The quantitative estimate of drug-likeness (QED) is 0.546. The van der Waals surface area contributed by atoms with E-state index in [-0.39, 0.29) is 19.2 Å². The molecule has 0 unspecified atom stereocenters. The fourth-order valence-electron chi connectivity index (χ4n) is 2.66. The molecule has 0 saturated carbocycles. The van der Waals surface area contributed by atoms with Gasteiger partial charge >= 0.3 is 0 Å². The molecule has 2 N–H and O–H groups in total. The molecule has 6 heteroatoms. The van der Waals surface area contributed by atoms with Crippen LogP contribution in [0.3, 0.4) is 0 Å². The zero-order valence-corrected chi connectivity index (χ0v) is 13.8. The Bertz CT molecular complexity index is 974. The molecule has 0 amide bonds. The molecule has 1 aliphatic heterocycles. The van der Waals surface area contributed by atoms with E-state index in [1.165, 1.54) is 6.08 Å². The third-order valence-corrected chi connectivity index (χ3v) is 4.10. The maximum absolute atomic E-state index is 12.3. The number of carbonyl (C=O) groups excluding carboxylic acids is 1. The number of ketones is 1. The zero-order valence-electron chi connectivity index (χ0n) is 13.8. The molecule has 4 rings (SSSR count). The molecule has 6 nitrogen and oxygen atoms in total. The number of carbonyl (C=O) groups is 1. The van der Waals surface area contributed by atoms with Gasteiger partial charge in [-0.3, -0.25) is 9.89 Å². The summed E-state index contributed by atoms with van der Waals surface area (Å²) in [7, 11) is 0. The summed E-state index contributed by atoms with van der Waals surface area (Å²) in [5.74, 6) is 1.10. The summed E-state index contributed by atoms with van der Waals surface area (Å²) in [6.07, 6.45) is 3.18. The van der Waals surface area contributed by atoms with Crippen LogP contribution >= 0.6 is 0 Å². The number of hydrogen-bond donors (Lipinski definition) is 2. The first-order valence-corrected chi connectivity index (χ1v) is 8.10. The normalized spacial score (nSPS) is 12.7. The Kier molecular flexibility index (Phi) is 4.25. The van der Waals surface area contributed by atoms with Crippen LogP contribution in [0.1, 0.15) is 21.6 Å². The van der Waals surface area contributed by atoms with E-state index in [1.54, 1.807) is 24.3 Å². The van der Waals surface area contributed by atoms with Crippen molar-refractivity contribution in [3.05, 3.63) is 71.4 Å². The lowest BCUT2D eigenvalue weighted by molar-refractivity contribution is 0.104. The topological polar surface area (TPSA) is 84.4 Å². The number of hydrogen-bond acceptors (Lipinski definition) is 5. The molecular formula is C20H16N2O4. The predicted molar refractivity (Wildman–Crippen MR) is 95.9 cm³/mol. The third-order valence-electron chi connectivity index (χ3n) is 4.10.